The minimum absolute atomic E-state index is 0.867. The summed E-state index contributed by atoms with van der Waals surface area (Å²) in [4.78, 5) is 2.39. The van der Waals surface area contributed by atoms with Gasteiger partial charge in [-0.25, -0.2) is 0 Å². The highest BCUT2D eigenvalue weighted by molar-refractivity contribution is 6.22. The van der Waals surface area contributed by atoms with Crippen molar-refractivity contribution in [2.75, 3.05) is 4.90 Å². The van der Waals surface area contributed by atoms with Gasteiger partial charge in [-0.15, -0.1) is 0 Å². The molecule has 0 aliphatic carbocycles. The summed E-state index contributed by atoms with van der Waals surface area (Å²) in [6.07, 6.45) is 0. The van der Waals surface area contributed by atoms with Crippen LogP contribution in [0.15, 0.2) is 217 Å². The van der Waals surface area contributed by atoms with Crippen molar-refractivity contribution in [3.8, 4) is 44.5 Å². The minimum Gasteiger partial charge on any atom is -0.456 e. The molecule has 0 saturated heterocycles. The number of benzene rings is 9. The summed E-state index contributed by atoms with van der Waals surface area (Å²) in [5.41, 5.74) is 14.4. The van der Waals surface area contributed by atoms with E-state index in [2.05, 4.69) is 217 Å². The predicted molar refractivity (Wildman–Crippen MR) is 228 cm³/mol. The highest BCUT2D eigenvalue weighted by Gasteiger charge is 2.21. The normalized spacial score (nSPS) is 11.3. The molecular weight excluding hydrogens is 655 g/mol. The Morgan fingerprint density at radius 2 is 0.815 bits per heavy atom. The topological polar surface area (TPSA) is 16.4 Å². The van der Waals surface area contributed by atoms with E-state index in [0.717, 1.165) is 44.6 Å². The molecule has 54 heavy (non-hydrogen) atoms. The van der Waals surface area contributed by atoms with Crippen LogP contribution in [0.5, 0.6) is 0 Å². The third-order valence-corrected chi connectivity index (χ3v) is 10.5. The fourth-order valence-corrected chi connectivity index (χ4v) is 7.97. The van der Waals surface area contributed by atoms with Crippen LogP contribution in [-0.4, -0.2) is 0 Å². The van der Waals surface area contributed by atoms with E-state index in [9.17, 15) is 0 Å². The Morgan fingerprint density at radius 3 is 1.52 bits per heavy atom. The van der Waals surface area contributed by atoms with Gasteiger partial charge in [0.05, 0.1) is 5.69 Å². The molecule has 2 heteroatoms. The number of fused-ring (bicyclic) bond motifs is 5. The standard InChI is InChI=1S/C52H35NO/c1-4-16-36(17-5-1)37-28-30-40(31-29-37)53(49-27-15-14-25-45(49)43-23-11-10-22-42(43)38-18-6-2-7-19-38)41-32-33-50-48(34-41)52-46-26-13-12-24-44(46)47(35-51(52)54-50)39-20-8-3-9-21-39/h1-35H. The zero-order valence-corrected chi connectivity index (χ0v) is 29.6. The molecule has 0 amide bonds. The molecule has 0 bridgehead atoms. The van der Waals surface area contributed by atoms with Gasteiger partial charge in [-0.05, 0) is 92.2 Å². The molecule has 10 rings (SSSR count). The molecule has 0 spiro atoms. The molecule has 254 valence electrons. The van der Waals surface area contributed by atoms with E-state index in [0.29, 0.717) is 0 Å². The fraction of sp³-hybridized carbons (Fsp3) is 0. The molecule has 2 nitrogen and oxygen atoms in total. The highest BCUT2D eigenvalue weighted by Crippen LogP contribution is 2.46. The van der Waals surface area contributed by atoms with Gasteiger partial charge in [0.25, 0.3) is 0 Å². The monoisotopic (exact) mass is 689 g/mol. The number of nitrogens with zero attached hydrogens (tertiary/aromatic N) is 1. The summed E-state index contributed by atoms with van der Waals surface area (Å²) >= 11 is 0. The van der Waals surface area contributed by atoms with Crippen LogP contribution in [-0.2, 0) is 0 Å². The fourth-order valence-electron chi connectivity index (χ4n) is 7.97. The second-order valence-corrected chi connectivity index (χ2v) is 13.7. The first-order chi connectivity index (χ1) is 26.8. The van der Waals surface area contributed by atoms with E-state index < -0.39 is 0 Å². The van der Waals surface area contributed by atoms with Gasteiger partial charge in [0, 0.05) is 27.7 Å². The Hall–Kier alpha value is -7.16. The Labute approximate surface area is 314 Å². The van der Waals surface area contributed by atoms with Gasteiger partial charge < -0.3 is 9.32 Å². The summed E-state index contributed by atoms with van der Waals surface area (Å²) < 4.78 is 6.67. The molecule has 1 heterocycles. The van der Waals surface area contributed by atoms with E-state index >= 15 is 0 Å². The molecule has 9 aromatic carbocycles. The lowest BCUT2D eigenvalue weighted by Gasteiger charge is -2.28. The van der Waals surface area contributed by atoms with Crippen molar-refractivity contribution in [1.82, 2.24) is 0 Å². The van der Waals surface area contributed by atoms with Crippen LogP contribution in [0.1, 0.15) is 0 Å². The van der Waals surface area contributed by atoms with E-state index in [-0.39, 0.29) is 0 Å². The Morgan fingerprint density at radius 1 is 0.296 bits per heavy atom. The Kier molecular flexibility index (Phi) is 7.85. The number of anilines is 3. The van der Waals surface area contributed by atoms with Crippen LogP contribution in [0.4, 0.5) is 17.1 Å². The lowest BCUT2D eigenvalue weighted by Crippen LogP contribution is -2.11. The van der Waals surface area contributed by atoms with Gasteiger partial charge in [0.1, 0.15) is 11.2 Å². The van der Waals surface area contributed by atoms with Crippen LogP contribution < -0.4 is 4.90 Å². The second-order valence-electron chi connectivity index (χ2n) is 13.7. The van der Waals surface area contributed by atoms with Gasteiger partial charge in [-0.1, -0.05) is 170 Å². The molecule has 0 atom stereocenters. The quantitative estimate of drug-likeness (QED) is 0.166. The van der Waals surface area contributed by atoms with Gasteiger partial charge >= 0.3 is 0 Å². The predicted octanol–water partition coefficient (Wildman–Crippen LogP) is 14.9. The molecule has 0 aliphatic heterocycles. The van der Waals surface area contributed by atoms with Crippen molar-refractivity contribution >= 4 is 49.8 Å². The maximum absolute atomic E-state index is 6.67. The smallest absolute Gasteiger partial charge is 0.136 e. The van der Waals surface area contributed by atoms with E-state index in [4.69, 9.17) is 4.42 Å². The van der Waals surface area contributed by atoms with Gasteiger partial charge in [-0.2, -0.15) is 0 Å². The summed E-state index contributed by atoms with van der Waals surface area (Å²) in [6.45, 7) is 0. The lowest BCUT2D eigenvalue weighted by molar-refractivity contribution is 0.669. The number of hydrogen-bond donors (Lipinski definition) is 0. The summed E-state index contributed by atoms with van der Waals surface area (Å²) in [7, 11) is 0. The number of rotatable bonds is 7. The first kappa shape index (κ1) is 31.6. The van der Waals surface area contributed by atoms with Crippen molar-refractivity contribution in [3.63, 3.8) is 0 Å². The molecule has 0 radical (unpaired) electrons. The maximum Gasteiger partial charge on any atom is 0.136 e. The summed E-state index contributed by atoms with van der Waals surface area (Å²) in [6, 6.07) is 75.7. The van der Waals surface area contributed by atoms with Gasteiger partial charge in [0.2, 0.25) is 0 Å². The van der Waals surface area contributed by atoms with Crippen LogP contribution in [0.3, 0.4) is 0 Å². The van der Waals surface area contributed by atoms with E-state index in [1.54, 1.807) is 0 Å². The second kappa shape index (κ2) is 13.4. The van der Waals surface area contributed by atoms with Crippen LogP contribution in [0.25, 0.3) is 77.2 Å². The molecule has 0 saturated carbocycles. The SMILES string of the molecule is c1ccc(-c2ccc(N(c3ccc4oc5cc(-c6ccccc6)c6ccccc6c5c4c3)c3ccccc3-c3ccccc3-c3ccccc3)cc2)cc1. The summed E-state index contributed by atoms with van der Waals surface area (Å²) in [5.74, 6) is 0. The molecule has 1 aromatic heterocycles. The van der Waals surface area contributed by atoms with Crippen molar-refractivity contribution in [2.45, 2.75) is 0 Å². The highest BCUT2D eigenvalue weighted by atomic mass is 16.3. The van der Waals surface area contributed by atoms with Crippen LogP contribution in [0.2, 0.25) is 0 Å². The molecule has 0 N–H and O–H groups in total. The summed E-state index contributed by atoms with van der Waals surface area (Å²) in [5, 5.41) is 4.61. The number of hydrogen-bond acceptors (Lipinski definition) is 2. The minimum atomic E-state index is 0.867. The average Bonchev–Trinajstić information content (AvgIpc) is 3.63. The average molecular weight is 690 g/mol. The Balaban J connectivity index is 1.20. The third-order valence-electron chi connectivity index (χ3n) is 10.5. The number of furan rings is 1. The van der Waals surface area contributed by atoms with Crippen molar-refractivity contribution in [1.29, 1.82) is 0 Å². The molecule has 0 fully saturated rings. The van der Waals surface area contributed by atoms with Gasteiger partial charge in [-0.3, -0.25) is 0 Å². The molecule has 10 aromatic rings. The largest absolute Gasteiger partial charge is 0.456 e. The molecule has 0 aliphatic rings. The maximum atomic E-state index is 6.67. The van der Waals surface area contributed by atoms with Crippen molar-refractivity contribution in [3.05, 3.63) is 212 Å². The van der Waals surface area contributed by atoms with Crippen LogP contribution in [0, 0.1) is 0 Å². The lowest BCUT2D eigenvalue weighted by atomic mass is 9.93. The first-order valence-corrected chi connectivity index (χ1v) is 18.4. The zero-order valence-electron chi connectivity index (χ0n) is 29.6. The zero-order chi connectivity index (χ0) is 35.8. The van der Waals surface area contributed by atoms with Crippen molar-refractivity contribution < 1.29 is 4.42 Å². The van der Waals surface area contributed by atoms with Gasteiger partial charge in [0.15, 0.2) is 0 Å². The van der Waals surface area contributed by atoms with Crippen molar-refractivity contribution in [2.24, 2.45) is 0 Å². The third kappa shape index (κ3) is 5.53. The molecular formula is C52H35NO. The Bertz CT molecular complexity index is 2910. The number of para-hydroxylation sites is 1. The van der Waals surface area contributed by atoms with E-state index in [1.165, 1.54) is 49.7 Å². The van der Waals surface area contributed by atoms with E-state index in [1.807, 2.05) is 0 Å². The van der Waals surface area contributed by atoms with Crippen LogP contribution >= 0.6 is 0 Å². The molecule has 0 unspecified atom stereocenters. The first-order valence-electron chi connectivity index (χ1n) is 18.4.